The highest BCUT2D eigenvalue weighted by atomic mass is 16.3. The minimum absolute atomic E-state index is 0.153. The standard InChI is InChI=1S/C10H14N2O3/c1-10(2,6-14)12-9(15)8-4-3-7(5-13)11-8/h3-5,11,14H,6H2,1-2H3,(H,12,15). The molecule has 1 rings (SSSR count). The van der Waals surface area contributed by atoms with Gasteiger partial charge in [-0.15, -0.1) is 0 Å². The number of aliphatic hydroxyl groups excluding tert-OH is 1. The van der Waals surface area contributed by atoms with E-state index in [1.807, 2.05) is 0 Å². The number of H-pyrrole nitrogens is 1. The van der Waals surface area contributed by atoms with Gasteiger partial charge in [0, 0.05) is 0 Å². The van der Waals surface area contributed by atoms with Crippen LogP contribution in [-0.4, -0.2) is 34.4 Å². The summed E-state index contributed by atoms with van der Waals surface area (Å²) in [4.78, 5) is 24.6. The Balaban J connectivity index is 2.73. The number of hydrogen-bond donors (Lipinski definition) is 3. The second-order valence-electron chi connectivity index (χ2n) is 3.94. The molecular weight excluding hydrogens is 196 g/mol. The molecule has 0 atom stereocenters. The van der Waals surface area contributed by atoms with Gasteiger partial charge in [-0.05, 0) is 26.0 Å². The molecule has 1 amide bonds. The molecule has 0 saturated heterocycles. The van der Waals surface area contributed by atoms with Gasteiger partial charge in [0.1, 0.15) is 5.69 Å². The first-order valence-electron chi connectivity index (χ1n) is 4.56. The van der Waals surface area contributed by atoms with Crippen LogP contribution in [0, 0.1) is 0 Å². The van der Waals surface area contributed by atoms with Crippen LogP contribution in [0.4, 0.5) is 0 Å². The highest BCUT2D eigenvalue weighted by Crippen LogP contribution is 2.04. The molecule has 3 N–H and O–H groups in total. The predicted octanol–water partition coefficient (Wildman–Crippen LogP) is 0.328. The Morgan fingerprint density at radius 3 is 2.73 bits per heavy atom. The minimum atomic E-state index is -0.677. The molecule has 0 spiro atoms. The highest BCUT2D eigenvalue weighted by Gasteiger charge is 2.20. The number of hydrogen-bond acceptors (Lipinski definition) is 3. The SMILES string of the molecule is CC(C)(CO)NC(=O)c1ccc(C=O)[nH]1. The molecule has 5 nitrogen and oxygen atoms in total. The van der Waals surface area contributed by atoms with E-state index in [1.165, 1.54) is 12.1 Å². The number of carbonyl (C=O) groups is 2. The van der Waals surface area contributed by atoms with Crippen molar-refractivity contribution in [3.05, 3.63) is 23.5 Å². The summed E-state index contributed by atoms with van der Waals surface area (Å²) in [7, 11) is 0. The van der Waals surface area contributed by atoms with Crippen molar-refractivity contribution in [2.75, 3.05) is 6.61 Å². The van der Waals surface area contributed by atoms with Gasteiger partial charge in [0.15, 0.2) is 6.29 Å². The van der Waals surface area contributed by atoms with Crippen LogP contribution in [-0.2, 0) is 0 Å². The Morgan fingerprint density at radius 1 is 1.60 bits per heavy atom. The van der Waals surface area contributed by atoms with Crippen molar-refractivity contribution >= 4 is 12.2 Å². The first-order chi connectivity index (χ1) is 6.98. The first-order valence-corrected chi connectivity index (χ1v) is 4.56. The molecular formula is C10H14N2O3. The summed E-state index contributed by atoms with van der Waals surface area (Å²) in [5.41, 5.74) is -0.0237. The fraction of sp³-hybridized carbons (Fsp3) is 0.400. The van der Waals surface area contributed by atoms with Crippen LogP contribution >= 0.6 is 0 Å². The van der Waals surface area contributed by atoms with E-state index in [9.17, 15) is 9.59 Å². The maximum Gasteiger partial charge on any atom is 0.268 e. The third kappa shape index (κ3) is 2.92. The average molecular weight is 210 g/mol. The number of aldehydes is 1. The smallest absolute Gasteiger partial charge is 0.268 e. The van der Waals surface area contributed by atoms with Gasteiger partial charge in [-0.1, -0.05) is 0 Å². The first kappa shape index (κ1) is 11.5. The molecule has 0 radical (unpaired) electrons. The molecule has 0 aliphatic heterocycles. The molecule has 0 aliphatic carbocycles. The Labute approximate surface area is 87.5 Å². The lowest BCUT2D eigenvalue weighted by molar-refractivity contribution is 0.0865. The largest absolute Gasteiger partial charge is 0.394 e. The molecule has 82 valence electrons. The van der Waals surface area contributed by atoms with E-state index in [-0.39, 0.29) is 12.5 Å². The highest BCUT2D eigenvalue weighted by molar-refractivity contribution is 5.94. The zero-order chi connectivity index (χ0) is 11.5. The van der Waals surface area contributed by atoms with Gasteiger partial charge < -0.3 is 15.4 Å². The van der Waals surface area contributed by atoms with Gasteiger partial charge in [0.05, 0.1) is 17.8 Å². The van der Waals surface area contributed by atoms with E-state index in [2.05, 4.69) is 10.3 Å². The van der Waals surface area contributed by atoms with E-state index in [4.69, 9.17) is 5.11 Å². The summed E-state index contributed by atoms with van der Waals surface area (Å²) in [6.07, 6.45) is 0.633. The van der Waals surface area contributed by atoms with Crippen LogP contribution in [0.25, 0.3) is 0 Å². The summed E-state index contributed by atoms with van der Waals surface area (Å²) in [5.74, 6) is -0.345. The Morgan fingerprint density at radius 2 is 2.27 bits per heavy atom. The van der Waals surface area contributed by atoms with Crippen LogP contribution in [0.3, 0.4) is 0 Å². The summed E-state index contributed by atoms with van der Waals surface area (Å²) in [6, 6.07) is 3.04. The predicted molar refractivity (Wildman–Crippen MR) is 54.8 cm³/mol. The molecule has 5 heteroatoms. The van der Waals surface area contributed by atoms with Crippen molar-refractivity contribution in [3.8, 4) is 0 Å². The number of amides is 1. The van der Waals surface area contributed by atoms with Gasteiger partial charge in [-0.25, -0.2) is 0 Å². The molecule has 0 aromatic carbocycles. The Bertz CT molecular complexity index is 368. The molecule has 0 aliphatic rings. The van der Waals surface area contributed by atoms with E-state index >= 15 is 0 Å². The topological polar surface area (TPSA) is 82.2 Å². The fourth-order valence-corrected chi connectivity index (χ4v) is 1.03. The van der Waals surface area contributed by atoms with E-state index in [0.29, 0.717) is 17.7 Å². The normalized spacial score (nSPS) is 11.1. The van der Waals surface area contributed by atoms with E-state index < -0.39 is 5.54 Å². The van der Waals surface area contributed by atoms with E-state index in [0.717, 1.165) is 0 Å². The van der Waals surface area contributed by atoms with Crippen molar-refractivity contribution < 1.29 is 14.7 Å². The van der Waals surface area contributed by atoms with Crippen LogP contribution in [0.15, 0.2) is 12.1 Å². The monoisotopic (exact) mass is 210 g/mol. The number of aliphatic hydroxyl groups is 1. The summed E-state index contributed by atoms with van der Waals surface area (Å²) in [6.45, 7) is 3.25. The second-order valence-corrected chi connectivity index (χ2v) is 3.94. The third-order valence-corrected chi connectivity index (χ3v) is 1.93. The molecule has 15 heavy (non-hydrogen) atoms. The Kier molecular flexibility index (Phi) is 3.26. The van der Waals surface area contributed by atoms with Gasteiger partial charge >= 0.3 is 0 Å². The van der Waals surface area contributed by atoms with Gasteiger partial charge in [-0.3, -0.25) is 9.59 Å². The van der Waals surface area contributed by atoms with Crippen molar-refractivity contribution in [2.24, 2.45) is 0 Å². The summed E-state index contributed by atoms with van der Waals surface area (Å²) in [5, 5.41) is 11.6. The molecule has 0 saturated carbocycles. The zero-order valence-corrected chi connectivity index (χ0v) is 8.70. The summed E-state index contributed by atoms with van der Waals surface area (Å²) < 4.78 is 0. The maximum absolute atomic E-state index is 11.6. The quantitative estimate of drug-likeness (QED) is 0.626. The number of carbonyl (C=O) groups excluding carboxylic acids is 2. The third-order valence-electron chi connectivity index (χ3n) is 1.93. The minimum Gasteiger partial charge on any atom is -0.394 e. The molecule has 0 fully saturated rings. The van der Waals surface area contributed by atoms with Crippen molar-refractivity contribution in [2.45, 2.75) is 19.4 Å². The van der Waals surface area contributed by atoms with Crippen LogP contribution in [0.5, 0.6) is 0 Å². The fourth-order valence-electron chi connectivity index (χ4n) is 1.03. The number of rotatable bonds is 4. The second kappa shape index (κ2) is 4.27. The molecule has 1 heterocycles. The van der Waals surface area contributed by atoms with Gasteiger partial charge in [0.2, 0.25) is 0 Å². The Hall–Kier alpha value is -1.62. The molecule has 0 unspecified atom stereocenters. The van der Waals surface area contributed by atoms with E-state index in [1.54, 1.807) is 13.8 Å². The van der Waals surface area contributed by atoms with Crippen molar-refractivity contribution in [1.29, 1.82) is 0 Å². The molecule has 0 bridgehead atoms. The lowest BCUT2D eigenvalue weighted by atomic mass is 10.1. The lowest BCUT2D eigenvalue weighted by Gasteiger charge is -2.22. The number of nitrogens with one attached hydrogen (secondary N) is 2. The zero-order valence-electron chi connectivity index (χ0n) is 8.70. The number of aromatic amines is 1. The number of aromatic nitrogens is 1. The van der Waals surface area contributed by atoms with Crippen LogP contribution < -0.4 is 5.32 Å². The average Bonchev–Trinajstić information content (AvgIpc) is 2.65. The molecule has 1 aromatic heterocycles. The molecule has 1 aromatic rings. The summed E-state index contributed by atoms with van der Waals surface area (Å²) >= 11 is 0. The van der Waals surface area contributed by atoms with Crippen LogP contribution in [0.2, 0.25) is 0 Å². The van der Waals surface area contributed by atoms with Crippen molar-refractivity contribution in [3.63, 3.8) is 0 Å². The van der Waals surface area contributed by atoms with Gasteiger partial charge in [-0.2, -0.15) is 0 Å². The lowest BCUT2D eigenvalue weighted by Crippen LogP contribution is -2.46. The van der Waals surface area contributed by atoms with Crippen molar-refractivity contribution in [1.82, 2.24) is 10.3 Å². The van der Waals surface area contributed by atoms with Crippen LogP contribution in [0.1, 0.15) is 34.8 Å². The maximum atomic E-state index is 11.6. The van der Waals surface area contributed by atoms with Gasteiger partial charge in [0.25, 0.3) is 5.91 Å².